The van der Waals surface area contributed by atoms with Gasteiger partial charge < -0.3 is 10.3 Å². The second-order valence-electron chi connectivity index (χ2n) is 2.77. The number of hydrogen-bond acceptors (Lipinski definition) is 2. The molecule has 6 heteroatoms. The van der Waals surface area contributed by atoms with Crippen molar-refractivity contribution in [1.82, 2.24) is 15.3 Å². The lowest BCUT2D eigenvalue weighted by molar-refractivity contribution is 0.612. The number of aromatic amines is 1. The van der Waals surface area contributed by atoms with Gasteiger partial charge in [0.1, 0.15) is 5.82 Å². The summed E-state index contributed by atoms with van der Waals surface area (Å²) >= 11 is 2.24. The van der Waals surface area contributed by atoms with E-state index < -0.39 is 0 Å². The van der Waals surface area contributed by atoms with E-state index in [1.165, 1.54) is 12.8 Å². The van der Waals surface area contributed by atoms with Crippen LogP contribution in [0.1, 0.15) is 24.7 Å². The van der Waals surface area contributed by atoms with Crippen molar-refractivity contribution in [3.8, 4) is 0 Å². The molecule has 0 unspecified atom stereocenters. The molecule has 1 saturated heterocycles. The number of H-pyrrole nitrogens is 1. The van der Waals surface area contributed by atoms with E-state index in [0.29, 0.717) is 6.04 Å². The molecule has 0 saturated carbocycles. The molecule has 3 nitrogen and oxygen atoms in total. The van der Waals surface area contributed by atoms with Gasteiger partial charge in [0.15, 0.2) is 0 Å². The van der Waals surface area contributed by atoms with Crippen molar-refractivity contribution in [3.63, 3.8) is 0 Å². The Morgan fingerprint density at radius 1 is 1.46 bits per heavy atom. The van der Waals surface area contributed by atoms with Crippen molar-refractivity contribution in [3.05, 3.63) is 15.7 Å². The number of nitrogens with one attached hydrogen (secondary N) is 2. The first-order chi connectivity index (χ1) is 5.36. The van der Waals surface area contributed by atoms with Crippen LogP contribution in [0.4, 0.5) is 0 Å². The first kappa shape index (κ1) is 13.5. The van der Waals surface area contributed by atoms with Crippen LogP contribution >= 0.6 is 47.4 Å². The third kappa shape index (κ3) is 3.27. The smallest absolute Gasteiger partial charge is 0.124 e. The van der Waals surface area contributed by atoms with E-state index in [1.54, 1.807) is 0 Å². The average Bonchev–Trinajstić information content (AvgIpc) is 2.55. The van der Waals surface area contributed by atoms with Gasteiger partial charge in [-0.15, -0.1) is 24.8 Å². The lowest BCUT2D eigenvalue weighted by atomic mass is 10.2. The number of nitrogens with zero attached hydrogens (tertiary/aromatic N) is 1. The third-order valence-corrected chi connectivity index (χ3v) is 2.50. The molecule has 76 valence electrons. The molecule has 2 N–H and O–H groups in total. The van der Waals surface area contributed by atoms with Crippen LogP contribution in [-0.2, 0) is 0 Å². The molecule has 1 aromatic heterocycles. The summed E-state index contributed by atoms with van der Waals surface area (Å²) < 4.78 is 1.12. The predicted octanol–water partition coefficient (Wildman–Crippen LogP) is 2.28. The van der Waals surface area contributed by atoms with Gasteiger partial charge in [0.25, 0.3) is 0 Å². The molecule has 1 atom stereocenters. The van der Waals surface area contributed by atoms with Crippen molar-refractivity contribution >= 4 is 47.4 Å². The fourth-order valence-electron chi connectivity index (χ4n) is 1.41. The summed E-state index contributed by atoms with van der Waals surface area (Å²) in [5.74, 6) is 1.09. The maximum atomic E-state index is 4.27. The Morgan fingerprint density at radius 3 is 2.69 bits per heavy atom. The lowest BCUT2D eigenvalue weighted by Crippen LogP contribution is -2.14. The summed E-state index contributed by atoms with van der Waals surface area (Å²) in [6.45, 7) is 1.13. The van der Waals surface area contributed by atoms with Gasteiger partial charge in [-0.05, 0) is 42.0 Å². The summed E-state index contributed by atoms with van der Waals surface area (Å²) in [5, 5.41) is 3.39. The highest BCUT2D eigenvalue weighted by molar-refractivity contribution is 14.1. The van der Waals surface area contributed by atoms with Crippen molar-refractivity contribution < 1.29 is 0 Å². The Labute approximate surface area is 103 Å². The molecule has 1 aliphatic rings. The topological polar surface area (TPSA) is 40.7 Å². The second-order valence-corrected chi connectivity index (χ2v) is 3.93. The molecule has 1 fully saturated rings. The molecule has 0 aliphatic carbocycles. The zero-order valence-electron chi connectivity index (χ0n) is 6.92. The van der Waals surface area contributed by atoms with Crippen molar-refractivity contribution in [2.45, 2.75) is 18.9 Å². The van der Waals surface area contributed by atoms with Crippen LogP contribution in [-0.4, -0.2) is 16.5 Å². The van der Waals surface area contributed by atoms with Crippen LogP contribution in [0, 0.1) is 3.70 Å². The van der Waals surface area contributed by atoms with Crippen LogP contribution < -0.4 is 5.32 Å². The molecule has 13 heavy (non-hydrogen) atoms. The zero-order chi connectivity index (χ0) is 7.68. The normalized spacial score (nSPS) is 20.5. The molecule has 2 rings (SSSR count). The largest absolute Gasteiger partial charge is 0.336 e. The van der Waals surface area contributed by atoms with Crippen molar-refractivity contribution in [2.75, 3.05) is 6.54 Å². The monoisotopic (exact) mass is 335 g/mol. The SMILES string of the molecule is Cl.Cl.Ic1cnc([C@@H]2CCCN2)[nH]1. The molecule has 0 amide bonds. The number of aromatic nitrogens is 2. The van der Waals surface area contributed by atoms with E-state index in [4.69, 9.17) is 0 Å². The van der Waals surface area contributed by atoms with Gasteiger partial charge >= 0.3 is 0 Å². The highest BCUT2D eigenvalue weighted by Gasteiger charge is 2.18. The van der Waals surface area contributed by atoms with Crippen LogP contribution in [0.5, 0.6) is 0 Å². The Morgan fingerprint density at radius 2 is 2.23 bits per heavy atom. The minimum absolute atomic E-state index is 0. The second kappa shape index (κ2) is 6.06. The van der Waals surface area contributed by atoms with Gasteiger partial charge in [-0.1, -0.05) is 0 Å². The van der Waals surface area contributed by atoms with Gasteiger partial charge in [-0.3, -0.25) is 0 Å². The standard InChI is InChI=1S/C7H10IN3.2ClH/c8-6-4-10-7(11-6)5-2-1-3-9-5;;/h4-5,9H,1-3H2,(H,10,11);2*1H/t5-;;/m0../s1. The van der Waals surface area contributed by atoms with Crippen LogP contribution in [0.3, 0.4) is 0 Å². The van der Waals surface area contributed by atoms with Gasteiger partial charge in [0.05, 0.1) is 15.9 Å². The highest BCUT2D eigenvalue weighted by Crippen LogP contribution is 2.20. The number of rotatable bonds is 1. The molecule has 0 aromatic carbocycles. The van der Waals surface area contributed by atoms with Gasteiger partial charge in [0, 0.05) is 0 Å². The quantitative estimate of drug-likeness (QED) is 0.773. The average molecular weight is 336 g/mol. The summed E-state index contributed by atoms with van der Waals surface area (Å²) in [4.78, 5) is 7.50. The van der Waals surface area contributed by atoms with Crippen LogP contribution in [0.2, 0.25) is 0 Å². The van der Waals surface area contributed by atoms with E-state index in [1.807, 2.05) is 6.20 Å². The van der Waals surface area contributed by atoms with Gasteiger partial charge in [0.2, 0.25) is 0 Å². The Balaban J connectivity index is 0.000000720. The maximum absolute atomic E-state index is 4.27. The number of halogens is 3. The summed E-state index contributed by atoms with van der Waals surface area (Å²) in [7, 11) is 0. The predicted molar refractivity (Wildman–Crippen MR) is 65.8 cm³/mol. The van der Waals surface area contributed by atoms with E-state index in [2.05, 4.69) is 37.9 Å². The molecule has 0 radical (unpaired) electrons. The maximum Gasteiger partial charge on any atom is 0.124 e. The van der Waals surface area contributed by atoms with Crippen molar-refractivity contribution in [2.24, 2.45) is 0 Å². The van der Waals surface area contributed by atoms with E-state index >= 15 is 0 Å². The molecule has 1 aromatic rings. The molecule has 1 aliphatic heterocycles. The Kier molecular flexibility index (Phi) is 6.28. The fourth-order valence-corrected chi connectivity index (χ4v) is 1.82. The lowest BCUT2D eigenvalue weighted by Gasteiger charge is -2.04. The highest BCUT2D eigenvalue weighted by atomic mass is 127. The zero-order valence-corrected chi connectivity index (χ0v) is 10.7. The molecular weight excluding hydrogens is 324 g/mol. The van der Waals surface area contributed by atoms with Crippen LogP contribution in [0.25, 0.3) is 0 Å². The summed E-state index contributed by atoms with van der Waals surface area (Å²) in [5.41, 5.74) is 0. The molecule has 0 spiro atoms. The van der Waals surface area contributed by atoms with Crippen molar-refractivity contribution in [1.29, 1.82) is 0 Å². The van der Waals surface area contributed by atoms with E-state index in [0.717, 1.165) is 16.1 Å². The van der Waals surface area contributed by atoms with E-state index in [-0.39, 0.29) is 24.8 Å². The Hall–Kier alpha value is 0.480. The minimum atomic E-state index is 0. The fraction of sp³-hybridized carbons (Fsp3) is 0.571. The molecular formula is C7H12Cl2IN3. The summed E-state index contributed by atoms with van der Waals surface area (Å²) in [6, 6.07) is 0.471. The number of imidazole rings is 1. The van der Waals surface area contributed by atoms with Gasteiger partial charge in [-0.25, -0.2) is 4.98 Å². The first-order valence-corrected chi connectivity index (χ1v) is 4.88. The van der Waals surface area contributed by atoms with Crippen LogP contribution in [0.15, 0.2) is 6.20 Å². The molecule has 0 bridgehead atoms. The first-order valence-electron chi connectivity index (χ1n) is 3.80. The number of hydrogen-bond donors (Lipinski definition) is 2. The third-order valence-electron chi connectivity index (χ3n) is 1.95. The minimum Gasteiger partial charge on any atom is -0.336 e. The molecule has 2 heterocycles. The summed E-state index contributed by atoms with van der Waals surface area (Å²) in [6.07, 6.45) is 4.35. The van der Waals surface area contributed by atoms with Gasteiger partial charge in [-0.2, -0.15) is 0 Å². The van der Waals surface area contributed by atoms with E-state index in [9.17, 15) is 0 Å². The Bertz CT molecular complexity index is 248.